The molecule has 5 nitrogen and oxygen atoms in total. The smallest absolute Gasteiger partial charge is 0.239 e. The maximum Gasteiger partial charge on any atom is 0.239 e. The summed E-state index contributed by atoms with van der Waals surface area (Å²) in [6.07, 6.45) is 0.966. The first-order valence-corrected chi connectivity index (χ1v) is 12.9. The van der Waals surface area contributed by atoms with Gasteiger partial charge in [-0.1, -0.05) is 36.8 Å². The molecule has 3 rings (SSSR count). The summed E-state index contributed by atoms with van der Waals surface area (Å²) in [5.41, 5.74) is 2.90. The summed E-state index contributed by atoms with van der Waals surface area (Å²) in [4.78, 5) is 30.0. The lowest BCUT2D eigenvalue weighted by molar-refractivity contribution is -0.130. The average Bonchev–Trinajstić information content (AvgIpc) is 3.06. The summed E-state index contributed by atoms with van der Waals surface area (Å²) in [7, 11) is 0. The summed E-state index contributed by atoms with van der Waals surface area (Å²) < 4.78 is -0.0523. The van der Waals surface area contributed by atoms with E-state index in [1.165, 1.54) is 11.8 Å². The van der Waals surface area contributed by atoms with Gasteiger partial charge in [-0.05, 0) is 79.1 Å². The van der Waals surface area contributed by atoms with Crippen LogP contribution in [0, 0.1) is 10.5 Å². The van der Waals surface area contributed by atoms with Gasteiger partial charge in [-0.25, -0.2) is 0 Å². The zero-order valence-corrected chi connectivity index (χ0v) is 22.0. The Morgan fingerprint density at radius 3 is 2.53 bits per heavy atom. The summed E-state index contributed by atoms with van der Waals surface area (Å²) in [6, 6.07) is 13.4. The van der Waals surface area contributed by atoms with Crippen molar-refractivity contribution in [2.45, 2.75) is 68.9 Å². The Kier molecular flexibility index (Phi) is 8.27. The Balaban J connectivity index is 2.19. The van der Waals surface area contributed by atoms with Gasteiger partial charge in [-0.2, -0.15) is 0 Å². The molecule has 0 aliphatic carbocycles. The molecule has 1 heterocycles. The van der Waals surface area contributed by atoms with Gasteiger partial charge in [0.05, 0.1) is 19.1 Å². The third kappa shape index (κ3) is 4.99. The second-order valence-corrected chi connectivity index (χ2v) is 11.1. The van der Waals surface area contributed by atoms with Crippen LogP contribution in [0.3, 0.4) is 0 Å². The molecule has 0 aromatic heterocycles. The van der Waals surface area contributed by atoms with Crippen LogP contribution < -0.4 is 5.32 Å². The Bertz CT molecular complexity index is 980. The van der Waals surface area contributed by atoms with Crippen molar-refractivity contribution in [2.24, 2.45) is 0 Å². The predicted molar refractivity (Wildman–Crippen MR) is 137 cm³/mol. The van der Waals surface area contributed by atoms with E-state index in [0.717, 1.165) is 31.6 Å². The van der Waals surface area contributed by atoms with Crippen molar-refractivity contribution in [3.8, 4) is 0 Å². The molecular formula is C25H31IN2O3S. The number of likely N-dealkylation sites (tertiary alicyclic amines) is 1. The van der Waals surface area contributed by atoms with Gasteiger partial charge in [0.1, 0.15) is 4.75 Å². The number of nitrogens with zero attached hydrogens (tertiary/aromatic N) is 1. The Hall–Kier alpha value is -1.58. The highest BCUT2D eigenvalue weighted by Gasteiger charge is 2.58. The maximum absolute atomic E-state index is 13.8. The lowest BCUT2D eigenvalue weighted by atomic mass is 9.90. The van der Waals surface area contributed by atoms with Crippen molar-refractivity contribution in [3.63, 3.8) is 0 Å². The fraction of sp³-hybridized carbons (Fsp3) is 0.440. The molecule has 2 amide bonds. The number of halogens is 1. The second kappa shape index (κ2) is 10.6. The Morgan fingerprint density at radius 1 is 1.28 bits per heavy atom. The lowest BCUT2D eigenvalue weighted by Gasteiger charge is -2.38. The van der Waals surface area contributed by atoms with Crippen molar-refractivity contribution in [2.75, 3.05) is 6.54 Å². The van der Waals surface area contributed by atoms with E-state index in [1.54, 1.807) is 0 Å². The number of aryl methyl sites for hydroxylation is 1. The molecular weight excluding hydrogens is 535 g/mol. The molecule has 1 fully saturated rings. The minimum atomic E-state index is -0.994. The quantitative estimate of drug-likeness (QED) is 0.450. The first-order valence-electron chi connectivity index (χ1n) is 11.0. The van der Waals surface area contributed by atoms with Crippen LogP contribution in [-0.2, 0) is 16.2 Å². The molecule has 2 atom stereocenters. The molecule has 0 unspecified atom stereocenters. The van der Waals surface area contributed by atoms with Gasteiger partial charge in [0.2, 0.25) is 11.8 Å². The molecule has 0 spiro atoms. The summed E-state index contributed by atoms with van der Waals surface area (Å²) >= 11 is 3.74. The van der Waals surface area contributed by atoms with E-state index in [2.05, 4.69) is 27.9 Å². The SMILES string of the molecule is CCCNC(=O)[C@@]1(Sc2ccc(C)cc2)CC(=O)N(C(C)C)[C@@H]1c1ccc(CO)cc1I. The number of hydrogen-bond donors (Lipinski definition) is 2. The van der Waals surface area contributed by atoms with Crippen molar-refractivity contribution in [3.05, 3.63) is 62.7 Å². The molecule has 0 saturated carbocycles. The van der Waals surface area contributed by atoms with Gasteiger partial charge in [0.15, 0.2) is 0 Å². The minimum absolute atomic E-state index is 0.0155. The molecule has 1 aliphatic rings. The number of amides is 2. The van der Waals surface area contributed by atoms with E-state index in [-0.39, 0.29) is 30.9 Å². The molecule has 2 N–H and O–H groups in total. The number of carbonyl (C=O) groups is 2. The number of carbonyl (C=O) groups excluding carboxylic acids is 2. The van der Waals surface area contributed by atoms with E-state index >= 15 is 0 Å². The van der Waals surface area contributed by atoms with Crippen molar-refractivity contribution in [1.82, 2.24) is 10.2 Å². The first-order chi connectivity index (χ1) is 15.2. The van der Waals surface area contributed by atoms with Crippen LogP contribution in [0.4, 0.5) is 0 Å². The molecule has 1 saturated heterocycles. The number of thioether (sulfide) groups is 1. The molecule has 0 radical (unpaired) electrons. The average molecular weight is 567 g/mol. The summed E-state index contributed by atoms with van der Waals surface area (Å²) in [5.74, 6) is -0.119. The minimum Gasteiger partial charge on any atom is -0.392 e. The fourth-order valence-corrected chi connectivity index (χ4v) is 6.49. The number of aliphatic hydroxyl groups is 1. The van der Waals surface area contributed by atoms with Crippen LogP contribution in [0.25, 0.3) is 0 Å². The van der Waals surface area contributed by atoms with Gasteiger partial charge in [0.25, 0.3) is 0 Å². The van der Waals surface area contributed by atoms with E-state index < -0.39 is 10.8 Å². The summed E-state index contributed by atoms with van der Waals surface area (Å²) in [5, 5.41) is 12.7. The third-order valence-corrected chi connectivity index (χ3v) is 8.12. The summed E-state index contributed by atoms with van der Waals surface area (Å²) in [6.45, 7) is 8.57. The van der Waals surface area contributed by atoms with Crippen LogP contribution >= 0.6 is 34.4 Å². The second-order valence-electron chi connectivity index (χ2n) is 8.55. The fourth-order valence-electron chi connectivity index (χ4n) is 4.21. The molecule has 32 heavy (non-hydrogen) atoms. The number of hydrogen-bond acceptors (Lipinski definition) is 4. The van der Waals surface area contributed by atoms with Crippen LogP contribution in [0.1, 0.15) is 56.3 Å². The monoisotopic (exact) mass is 566 g/mol. The highest BCUT2D eigenvalue weighted by atomic mass is 127. The molecule has 1 aliphatic heterocycles. The zero-order valence-electron chi connectivity index (χ0n) is 19.0. The van der Waals surface area contributed by atoms with Crippen LogP contribution in [0.5, 0.6) is 0 Å². The largest absolute Gasteiger partial charge is 0.392 e. The van der Waals surface area contributed by atoms with E-state index in [1.807, 2.05) is 75.1 Å². The van der Waals surface area contributed by atoms with Crippen molar-refractivity contribution in [1.29, 1.82) is 0 Å². The number of nitrogens with one attached hydrogen (secondary N) is 1. The highest BCUT2D eigenvalue weighted by molar-refractivity contribution is 14.1. The van der Waals surface area contributed by atoms with E-state index in [4.69, 9.17) is 0 Å². The van der Waals surface area contributed by atoms with Crippen LogP contribution in [0.15, 0.2) is 47.4 Å². The lowest BCUT2D eigenvalue weighted by Crippen LogP contribution is -2.49. The van der Waals surface area contributed by atoms with Gasteiger partial charge >= 0.3 is 0 Å². The van der Waals surface area contributed by atoms with Gasteiger partial charge in [-0.3, -0.25) is 9.59 Å². The van der Waals surface area contributed by atoms with Crippen molar-refractivity contribution >= 4 is 46.2 Å². The molecule has 2 aromatic carbocycles. The Morgan fingerprint density at radius 2 is 1.97 bits per heavy atom. The Labute approximate surface area is 208 Å². The van der Waals surface area contributed by atoms with Gasteiger partial charge in [0, 0.05) is 21.1 Å². The van der Waals surface area contributed by atoms with Crippen LogP contribution in [0.2, 0.25) is 0 Å². The molecule has 2 aromatic rings. The normalized spacial score (nSPS) is 20.8. The highest BCUT2D eigenvalue weighted by Crippen LogP contribution is 2.54. The molecule has 0 bridgehead atoms. The number of aliphatic hydroxyl groups excluding tert-OH is 1. The zero-order chi connectivity index (χ0) is 23.5. The first kappa shape index (κ1) is 25.1. The predicted octanol–water partition coefficient (Wildman–Crippen LogP) is 4.83. The molecule has 7 heteroatoms. The van der Waals surface area contributed by atoms with Gasteiger partial charge < -0.3 is 15.3 Å². The maximum atomic E-state index is 13.8. The van der Waals surface area contributed by atoms with Crippen molar-refractivity contribution < 1.29 is 14.7 Å². The van der Waals surface area contributed by atoms with E-state index in [0.29, 0.717) is 6.54 Å². The number of rotatable bonds is 8. The molecule has 172 valence electrons. The van der Waals surface area contributed by atoms with Crippen LogP contribution in [-0.4, -0.2) is 39.2 Å². The topological polar surface area (TPSA) is 69.6 Å². The van der Waals surface area contributed by atoms with E-state index in [9.17, 15) is 14.7 Å². The number of benzene rings is 2. The third-order valence-electron chi connectivity index (χ3n) is 5.76. The van der Waals surface area contributed by atoms with Gasteiger partial charge in [-0.15, -0.1) is 11.8 Å². The standard InChI is InChI=1S/C25H31IN2O3S/c1-5-12-27-24(31)25(32-19-9-6-17(4)7-10-19)14-22(30)28(16(2)3)23(25)20-11-8-18(15-29)13-21(20)26/h6-11,13,16,23,29H,5,12,14-15H2,1-4H3,(H,27,31)/t23-,25-/m1/s1.